The quantitative estimate of drug-likeness (QED) is 0.504. The molecule has 0 aliphatic heterocycles. The number of fused-ring (bicyclic) bond motifs is 1. The number of nitrogens with zero attached hydrogens (tertiary/aromatic N) is 4. The van der Waals surface area contributed by atoms with Crippen LogP contribution in [0.5, 0.6) is 0 Å². The highest BCUT2D eigenvalue weighted by Gasteiger charge is 2.12. The van der Waals surface area contributed by atoms with Gasteiger partial charge in [-0.05, 0) is 42.6 Å². The van der Waals surface area contributed by atoms with E-state index < -0.39 is 6.03 Å². The fourth-order valence-corrected chi connectivity index (χ4v) is 2.91. The molecule has 3 aromatic heterocycles. The third-order valence-corrected chi connectivity index (χ3v) is 4.20. The summed E-state index contributed by atoms with van der Waals surface area (Å²) in [7, 11) is 0. The molecule has 0 radical (unpaired) electrons. The summed E-state index contributed by atoms with van der Waals surface area (Å²) >= 11 is 0. The number of nitrogens with one attached hydrogen (secondary N) is 2. The Hall–Kier alpha value is -4.07. The molecule has 8 nitrogen and oxygen atoms in total. The number of carbonyl (C=O) groups is 1. The Bertz CT molecular complexity index is 1140. The van der Waals surface area contributed by atoms with Crippen LogP contribution in [-0.4, -0.2) is 26.0 Å². The summed E-state index contributed by atoms with van der Waals surface area (Å²) in [6, 6.07) is 10.8. The van der Waals surface area contributed by atoms with E-state index in [1.807, 2.05) is 37.3 Å². The third-order valence-electron chi connectivity index (χ3n) is 4.20. The summed E-state index contributed by atoms with van der Waals surface area (Å²) < 4.78 is 0. The molecule has 0 atom stereocenters. The molecule has 1 aromatic carbocycles. The van der Waals surface area contributed by atoms with Crippen LogP contribution in [0.25, 0.3) is 22.0 Å². The zero-order valence-corrected chi connectivity index (χ0v) is 15.0. The minimum atomic E-state index is -0.671. The lowest BCUT2D eigenvalue weighted by molar-refractivity contribution is 0.259. The van der Waals surface area contributed by atoms with Gasteiger partial charge in [-0.25, -0.2) is 19.7 Å². The first-order valence-electron chi connectivity index (χ1n) is 8.55. The van der Waals surface area contributed by atoms with Gasteiger partial charge in [0, 0.05) is 34.7 Å². The predicted molar refractivity (Wildman–Crippen MR) is 108 cm³/mol. The van der Waals surface area contributed by atoms with Crippen molar-refractivity contribution in [3.8, 4) is 11.3 Å². The Labute approximate surface area is 160 Å². The summed E-state index contributed by atoms with van der Waals surface area (Å²) in [6.07, 6.45) is 6.64. The van der Waals surface area contributed by atoms with E-state index in [-0.39, 0.29) is 0 Å². The maximum Gasteiger partial charge on any atom is 0.317 e. The standard InChI is InChI=1S/C20H17N7O/c1-12-2-3-13(9-23-12)26-18-5-4-14(17-6-7-22-11-25-17)15-8-19(27-20(21)28)24-10-16(15)18/h2-11,26H,1H3,(H3,21,24,27,28). The molecule has 0 spiro atoms. The number of amides is 2. The monoisotopic (exact) mass is 371 g/mol. The Kier molecular flexibility index (Phi) is 4.51. The van der Waals surface area contributed by atoms with Gasteiger partial charge in [-0.2, -0.15) is 0 Å². The molecule has 28 heavy (non-hydrogen) atoms. The maximum atomic E-state index is 11.2. The molecular weight excluding hydrogens is 354 g/mol. The largest absolute Gasteiger partial charge is 0.354 e. The van der Waals surface area contributed by atoms with Gasteiger partial charge in [-0.15, -0.1) is 0 Å². The number of hydrogen-bond donors (Lipinski definition) is 3. The average molecular weight is 371 g/mol. The van der Waals surface area contributed by atoms with E-state index in [4.69, 9.17) is 5.73 Å². The zero-order chi connectivity index (χ0) is 19.5. The van der Waals surface area contributed by atoms with Gasteiger partial charge < -0.3 is 11.1 Å². The first kappa shape index (κ1) is 17.3. The number of urea groups is 1. The summed E-state index contributed by atoms with van der Waals surface area (Å²) in [5.74, 6) is 0.365. The van der Waals surface area contributed by atoms with Gasteiger partial charge in [-0.1, -0.05) is 6.07 Å². The summed E-state index contributed by atoms with van der Waals surface area (Å²) in [5.41, 5.74) is 9.55. The second-order valence-electron chi connectivity index (χ2n) is 6.17. The first-order chi connectivity index (χ1) is 13.6. The SMILES string of the molecule is Cc1ccc(Nc2ccc(-c3ccncn3)c3cc(NC(N)=O)ncc23)cn1. The number of aromatic nitrogens is 4. The molecule has 0 saturated carbocycles. The molecule has 0 bridgehead atoms. The molecule has 0 aliphatic carbocycles. The van der Waals surface area contributed by atoms with E-state index >= 15 is 0 Å². The summed E-state index contributed by atoms with van der Waals surface area (Å²) in [6.45, 7) is 1.94. The van der Waals surface area contributed by atoms with Crippen LogP contribution in [0.3, 0.4) is 0 Å². The molecule has 138 valence electrons. The number of carbonyl (C=O) groups excluding carboxylic acids is 1. The van der Waals surface area contributed by atoms with Crippen molar-refractivity contribution in [2.75, 3.05) is 10.6 Å². The summed E-state index contributed by atoms with van der Waals surface area (Å²) in [5, 5.41) is 7.61. The topological polar surface area (TPSA) is 119 Å². The molecule has 3 heterocycles. The molecule has 0 fully saturated rings. The molecule has 4 rings (SSSR count). The lowest BCUT2D eigenvalue weighted by atomic mass is 10.0. The molecule has 4 N–H and O–H groups in total. The van der Waals surface area contributed by atoms with Crippen molar-refractivity contribution >= 4 is 34.0 Å². The highest BCUT2D eigenvalue weighted by atomic mass is 16.2. The van der Waals surface area contributed by atoms with Crippen LogP contribution in [0, 0.1) is 6.92 Å². The Morgan fingerprint density at radius 1 is 1.00 bits per heavy atom. The van der Waals surface area contributed by atoms with Crippen LogP contribution in [0.1, 0.15) is 5.69 Å². The normalized spacial score (nSPS) is 10.6. The lowest BCUT2D eigenvalue weighted by Gasteiger charge is -2.14. The van der Waals surface area contributed by atoms with Crippen molar-refractivity contribution in [2.45, 2.75) is 6.92 Å². The van der Waals surface area contributed by atoms with Crippen LogP contribution in [0.4, 0.5) is 22.0 Å². The zero-order valence-electron chi connectivity index (χ0n) is 15.0. The van der Waals surface area contributed by atoms with Crippen LogP contribution in [-0.2, 0) is 0 Å². The number of rotatable bonds is 4. The van der Waals surface area contributed by atoms with E-state index in [9.17, 15) is 4.79 Å². The average Bonchev–Trinajstić information content (AvgIpc) is 2.70. The van der Waals surface area contributed by atoms with Gasteiger partial charge in [0.2, 0.25) is 0 Å². The maximum absolute atomic E-state index is 11.2. The summed E-state index contributed by atoms with van der Waals surface area (Å²) in [4.78, 5) is 28.1. The van der Waals surface area contributed by atoms with E-state index in [0.29, 0.717) is 5.82 Å². The fraction of sp³-hybridized carbons (Fsp3) is 0.0500. The lowest BCUT2D eigenvalue weighted by Crippen LogP contribution is -2.19. The van der Waals surface area contributed by atoms with Crippen molar-refractivity contribution in [1.29, 1.82) is 0 Å². The predicted octanol–water partition coefficient (Wildman–Crippen LogP) is 3.63. The minimum Gasteiger partial charge on any atom is -0.354 e. The van der Waals surface area contributed by atoms with E-state index in [2.05, 4.69) is 30.6 Å². The molecular formula is C20H17N7O. The van der Waals surface area contributed by atoms with Crippen LogP contribution in [0.2, 0.25) is 0 Å². The van der Waals surface area contributed by atoms with E-state index in [1.54, 1.807) is 24.7 Å². The van der Waals surface area contributed by atoms with Crippen molar-refractivity contribution in [2.24, 2.45) is 5.73 Å². The van der Waals surface area contributed by atoms with Crippen molar-refractivity contribution < 1.29 is 4.79 Å². The van der Waals surface area contributed by atoms with Crippen molar-refractivity contribution in [1.82, 2.24) is 19.9 Å². The third kappa shape index (κ3) is 3.56. The number of pyridine rings is 2. The van der Waals surface area contributed by atoms with Gasteiger partial charge in [0.1, 0.15) is 12.1 Å². The van der Waals surface area contributed by atoms with Gasteiger partial charge in [-0.3, -0.25) is 10.3 Å². The second-order valence-corrected chi connectivity index (χ2v) is 6.17. The molecule has 8 heteroatoms. The van der Waals surface area contributed by atoms with Gasteiger partial charge in [0.05, 0.1) is 17.6 Å². The molecule has 0 aliphatic rings. The van der Waals surface area contributed by atoms with Crippen LogP contribution in [0.15, 0.2) is 61.3 Å². The number of hydrogen-bond acceptors (Lipinski definition) is 6. The van der Waals surface area contributed by atoms with E-state index in [0.717, 1.165) is 39.1 Å². The van der Waals surface area contributed by atoms with Crippen molar-refractivity contribution in [3.05, 3.63) is 67.0 Å². The van der Waals surface area contributed by atoms with E-state index in [1.165, 1.54) is 6.33 Å². The Morgan fingerprint density at radius 2 is 1.89 bits per heavy atom. The highest BCUT2D eigenvalue weighted by molar-refractivity contribution is 6.05. The number of benzene rings is 1. The molecule has 2 amide bonds. The highest BCUT2D eigenvalue weighted by Crippen LogP contribution is 2.34. The minimum absolute atomic E-state index is 0.365. The Balaban J connectivity index is 1.85. The number of primary amides is 1. The van der Waals surface area contributed by atoms with Gasteiger partial charge >= 0.3 is 6.03 Å². The van der Waals surface area contributed by atoms with Crippen molar-refractivity contribution in [3.63, 3.8) is 0 Å². The number of aryl methyl sites for hydroxylation is 1. The first-order valence-corrected chi connectivity index (χ1v) is 8.55. The van der Waals surface area contributed by atoms with Crippen LogP contribution < -0.4 is 16.4 Å². The van der Waals surface area contributed by atoms with Gasteiger partial charge in [0.25, 0.3) is 0 Å². The molecule has 4 aromatic rings. The fourth-order valence-electron chi connectivity index (χ4n) is 2.91. The molecule has 0 saturated heterocycles. The smallest absolute Gasteiger partial charge is 0.317 e. The van der Waals surface area contributed by atoms with Crippen LogP contribution >= 0.6 is 0 Å². The number of nitrogens with two attached hydrogens (primary N) is 1. The van der Waals surface area contributed by atoms with Gasteiger partial charge in [0.15, 0.2) is 0 Å². The molecule has 0 unspecified atom stereocenters. The Morgan fingerprint density at radius 3 is 2.61 bits per heavy atom. The number of anilines is 3. The second kappa shape index (κ2) is 7.28.